The number of nitrogens with two attached hydrogens (primary N) is 1. The average molecular weight is 358 g/mol. The van der Waals surface area contributed by atoms with E-state index in [-0.39, 0.29) is 11.6 Å². The maximum absolute atomic E-state index is 12.6. The first-order valence-electron chi connectivity index (χ1n) is 8.17. The highest BCUT2D eigenvalue weighted by molar-refractivity contribution is 6.34. The van der Waals surface area contributed by atoms with Gasteiger partial charge in [-0.1, -0.05) is 30.3 Å². The molecule has 0 bridgehead atoms. The van der Waals surface area contributed by atoms with Crippen molar-refractivity contribution in [1.29, 1.82) is 0 Å². The topological polar surface area (TPSA) is 105 Å². The summed E-state index contributed by atoms with van der Waals surface area (Å²) >= 11 is 0. The Morgan fingerprint density at radius 1 is 0.852 bits per heavy atom. The van der Waals surface area contributed by atoms with Gasteiger partial charge in [0.2, 0.25) is 0 Å². The van der Waals surface area contributed by atoms with Gasteiger partial charge in [-0.15, -0.1) is 0 Å². The molecule has 0 fully saturated rings. The largest absolute Gasteiger partial charge is 0.398 e. The molecule has 0 saturated carbocycles. The zero-order valence-corrected chi connectivity index (χ0v) is 14.0. The Hall–Kier alpha value is -4.00. The summed E-state index contributed by atoms with van der Waals surface area (Å²) in [6, 6.07) is 17.9. The number of aromatic nitrogens is 1. The molecule has 2 aromatic carbocycles. The molecule has 1 aliphatic rings. The molecule has 0 unspecified atom stereocenters. The van der Waals surface area contributed by atoms with Crippen LogP contribution in [0.2, 0.25) is 0 Å². The molecule has 0 spiro atoms. The molecule has 2 heterocycles. The standard InChI is InChI=1S/C20H14N4O3/c21-15-9-4-3-8-14(15)18(25)23-16-10-5-11-17(22-16)24-19(26)12-6-1-2-7-13(12)20(24)27/h1-11H,21H2,(H,22,23,25). The Kier molecular flexibility index (Phi) is 3.89. The van der Waals surface area contributed by atoms with Crippen LogP contribution < -0.4 is 16.0 Å². The van der Waals surface area contributed by atoms with Gasteiger partial charge in [-0.05, 0) is 36.4 Å². The molecule has 0 radical (unpaired) electrons. The normalized spacial score (nSPS) is 12.8. The Balaban J connectivity index is 1.63. The molecule has 3 amide bonds. The van der Waals surface area contributed by atoms with E-state index in [4.69, 9.17) is 5.73 Å². The van der Waals surface area contributed by atoms with Crippen molar-refractivity contribution in [3.05, 3.63) is 83.4 Å². The van der Waals surface area contributed by atoms with Crippen LogP contribution in [0.15, 0.2) is 66.7 Å². The first kappa shape index (κ1) is 16.5. The van der Waals surface area contributed by atoms with E-state index < -0.39 is 17.7 Å². The van der Waals surface area contributed by atoms with Gasteiger partial charge in [0.15, 0.2) is 0 Å². The number of carbonyl (C=O) groups is 3. The molecule has 1 aliphatic heterocycles. The van der Waals surface area contributed by atoms with Crippen molar-refractivity contribution in [2.24, 2.45) is 0 Å². The predicted octanol–water partition coefficient (Wildman–Crippen LogP) is 2.72. The Morgan fingerprint density at radius 3 is 2.15 bits per heavy atom. The lowest BCUT2D eigenvalue weighted by Gasteiger charge is -2.14. The summed E-state index contributed by atoms with van der Waals surface area (Å²) in [5.74, 6) is -0.977. The summed E-state index contributed by atoms with van der Waals surface area (Å²) in [5.41, 5.74) is 7.12. The summed E-state index contributed by atoms with van der Waals surface area (Å²) < 4.78 is 0. The fourth-order valence-electron chi connectivity index (χ4n) is 2.90. The van der Waals surface area contributed by atoms with Crippen LogP contribution in [0.3, 0.4) is 0 Å². The summed E-state index contributed by atoms with van der Waals surface area (Å²) in [6.07, 6.45) is 0. The van der Waals surface area contributed by atoms with Crippen LogP contribution in [0.25, 0.3) is 0 Å². The molecule has 3 N–H and O–H groups in total. The Morgan fingerprint density at radius 2 is 1.48 bits per heavy atom. The highest BCUT2D eigenvalue weighted by Crippen LogP contribution is 2.27. The molecule has 7 nitrogen and oxygen atoms in total. The van der Waals surface area contributed by atoms with E-state index in [9.17, 15) is 14.4 Å². The van der Waals surface area contributed by atoms with E-state index in [0.29, 0.717) is 22.4 Å². The number of imide groups is 1. The number of anilines is 3. The van der Waals surface area contributed by atoms with Gasteiger partial charge in [0.25, 0.3) is 17.7 Å². The quantitative estimate of drug-likeness (QED) is 0.553. The minimum absolute atomic E-state index is 0.139. The highest BCUT2D eigenvalue weighted by atomic mass is 16.2. The van der Waals surface area contributed by atoms with Gasteiger partial charge in [-0.3, -0.25) is 14.4 Å². The first-order chi connectivity index (χ1) is 13.1. The molecule has 27 heavy (non-hydrogen) atoms. The molecule has 0 saturated heterocycles. The molecule has 132 valence electrons. The number of hydrogen-bond acceptors (Lipinski definition) is 5. The van der Waals surface area contributed by atoms with Crippen molar-refractivity contribution in [1.82, 2.24) is 4.98 Å². The van der Waals surface area contributed by atoms with Crippen molar-refractivity contribution in [3.8, 4) is 0 Å². The summed E-state index contributed by atoms with van der Waals surface area (Å²) in [5, 5.41) is 2.63. The third-order valence-corrected chi connectivity index (χ3v) is 4.20. The monoisotopic (exact) mass is 358 g/mol. The van der Waals surface area contributed by atoms with Crippen LogP contribution in [0.1, 0.15) is 31.1 Å². The zero-order chi connectivity index (χ0) is 19.0. The van der Waals surface area contributed by atoms with Crippen molar-refractivity contribution >= 4 is 35.0 Å². The van der Waals surface area contributed by atoms with E-state index in [1.54, 1.807) is 60.7 Å². The second-order valence-corrected chi connectivity index (χ2v) is 5.91. The van der Waals surface area contributed by atoms with Crippen LogP contribution in [-0.2, 0) is 0 Å². The third kappa shape index (κ3) is 2.81. The number of rotatable bonds is 3. The molecule has 3 aromatic rings. The summed E-state index contributed by atoms with van der Waals surface area (Å²) in [4.78, 5) is 42.8. The maximum atomic E-state index is 12.6. The molecule has 1 aromatic heterocycles. The van der Waals surface area contributed by atoms with E-state index in [1.807, 2.05) is 0 Å². The minimum atomic E-state index is -0.445. The van der Waals surface area contributed by atoms with Crippen LogP contribution in [0, 0.1) is 0 Å². The number of hydrogen-bond donors (Lipinski definition) is 2. The number of fused-ring (bicyclic) bond motifs is 1. The molecular weight excluding hydrogens is 344 g/mol. The van der Waals surface area contributed by atoms with E-state index in [1.165, 1.54) is 6.07 Å². The maximum Gasteiger partial charge on any atom is 0.267 e. The smallest absolute Gasteiger partial charge is 0.267 e. The third-order valence-electron chi connectivity index (χ3n) is 4.20. The van der Waals surface area contributed by atoms with Gasteiger partial charge in [-0.2, -0.15) is 0 Å². The molecule has 4 rings (SSSR count). The minimum Gasteiger partial charge on any atom is -0.398 e. The molecular formula is C20H14N4O3. The fraction of sp³-hybridized carbons (Fsp3) is 0. The molecule has 7 heteroatoms. The van der Waals surface area contributed by atoms with Gasteiger partial charge < -0.3 is 11.1 Å². The van der Waals surface area contributed by atoms with Gasteiger partial charge in [0, 0.05) is 5.69 Å². The number of nitrogens with one attached hydrogen (secondary N) is 1. The number of carbonyl (C=O) groups excluding carboxylic acids is 3. The lowest BCUT2D eigenvalue weighted by atomic mass is 10.1. The SMILES string of the molecule is Nc1ccccc1C(=O)Nc1cccc(N2C(=O)c3ccccc3C2=O)n1. The van der Waals surface area contributed by atoms with Crippen molar-refractivity contribution in [2.45, 2.75) is 0 Å². The molecule has 0 atom stereocenters. The van der Waals surface area contributed by atoms with Crippen LogP contribution in [0.5, 0.6) is 0 Å². The fourth-order valence-corrected chi connectivity index (χ4v) is 2.90. The Bertz CT molecular complexity index is 1060. The van der Waals surface area contributed by atoms with Gasteiger partial charge >= 0.3 is 0 Å². The van der Waals surface area contributed by atoms with Crippen LogP contribution in [0.4, 0.5) is 17.3 Å². The lowest BCUT2D eigenvalue weighted by molar-refractivity contribution is 0.0924. The van der Waals surface area contributed by atoms with E-state index >= 15 is 0 Å². The van der Waals surface area contributed by atoms with E-state index in [2.05, 4.69) is 10.3 Å². The number of amides is 3. The number of para-hydroxylation sites is 1. The van der Waals surface area contributed by atoms with Crippen LogP contribution >= 0.6 is 0 Å². The lowest BCUT2D eigenvalue weighted by Crippen LogP contribution is -2.30. The number of nitrogens with zero attached hydrogens (tertiary/aromatic N) is 2. The van der Waals surface area contributed by atoms with Gasteiger partial charge in [0.05, 0.1) is 16.7 Å². The predicted molar refractivity (Wildman–Crippen MR) is 101 cm³/mol. The zero-order valence-electron chi connectivity index (χ0n) is 14.0. The second-order valence-electron chi connectivity index (χ2n) is 5.91. The van der Waals surface area contributed by atoms with Crippen LogP contribution in [-0.4, -0.2) is 22.7 Å². The number of nitrogen functional groups attached to an aromatic ring is 1. The summed E-state index contributed by atoms with van der Waals surface area (Å²) in [6.45, 7) is 0. The first-order valence-corrected chi connectivity index (χ1v) is 8.17. The summed E-state index contributed by atoms with van der Waals surface area (Å²) in [7, 11) is 0. The number of pyridine rings is 1. The van der Waals surface area contributed by atoms with E-state index in [0.717, 1.165) is 4.90 Å². The van der Waals surface area contributed by atoms with Gasteiger partial charge in [-0.25, -0.2) is 9.88 Å². The highest BCUT2D eigenvalue weighted by Gasteiger charge is 2.37. The Labute approximate surface area is 154 Å². The van der Waals surface area contributed by atoms with Crippen molar-refractivity contribution < 1.29 is 14.4 Å². The second kappa shape index (κ2) is 6.38. The molecule has 0 aliphatic carbocycles. The van der Waals surface area contributed by atoms with Gasteiger partial charge in [0.1, 0.15) is 11.6 Å². The average Bonchev–Trinajstić information content (AvgIpc) is 2.93. The van der Waals surface area contributed by atoms with Crippen molar-refractivity contribution in [2.75, 3.05) is 16.0 Å². The number of benzene rings is 2. The van der Waals surface area contributed by atoms with Crippen molar-refractivity contribution in [3.63, 3.8) is 0 Å².